The summed E-state index contributed by atoms with van der Waals surface area (Å²) in [6.07, 6.45) is 4.94. The van der Waals surface area contributed by atoms with Crippen LogP contribution < -0.4 is 4.74 Å². The standard InChI is InChI=1S/C16H20O3/c1-11(2)4-5-12-6-13-10-19-14(9-17)8-15(13)16(7-12)18-3/h4,6-8,17H,5,9-10H2,1-3H3. The molecule has 1 heterocycles. The normalized spacial score (nSPS) is 13.2. The van der Waals surface area contributed by atoms with Crippen LogP contribution >= 0.6 is 0 Å². The van der Waals surface area contributed by atoms with E-state index < -0.39 is 0 Å². The Morgan fingerprint density at radius 2 is 2.21 bits per heavy atom. The minimum Gasteiger partial charge on any atom is -0.496 e. The molecule has 0 aromatic heterocycles. The second kappa shape index (κ2) is 5.93. The van der Waals surface area contributed by atoms with Gasteiger partial charge < -0.3 is 14.6 Å². The Bertz CT molecular complexity index is 523. The monoisotopic (exact) mass is 260 g/mol. The van der Waals surface area contributed by atoms with Crippen molar-refractivity contribution >= 4 is 6.08 Å². The zero-order chi connectivity index (χ0) is 13.8. The Morgan fingerprint density at radius 1 is 1.42 bits per heavy atom. The Labute approximate surface area is 114 Å². The second-order valence-electron chi connectivity index (χ2n) is 4.91. The van der Waals surface area contributed by atoms with Gasteiger partial charge in [-0.2, -0.15) is 0 Å². The third-order valence-electron chi connectivity index (χ3n) is 3.13. The summed E-state index contributed by atoms with van der Waals surface area (Å²) in [5, 5.41) is 9.14. The fourth-order valence-corrected chi connectivity index (χ4v) is 2.10. The number of allylic oxidation sites excluding steroid dienone is 2. The molecule has 1 aromatic rings. The van der Waals surface area contributed by atoms with E-state index in [-0.39, 0.29) is 6.61 Å². The van der Waals surface area contributed by atoms with Gasteiger partial charge in [0.2, 0.25) is 0 Å². The van der Waals surface area contributed by atoms with E-state index in [1.54, 1.807) is 7.11 Å². The number of benzene rings is 1. The van der Waals surface area contributed by atoms with E-state index in [4.69, 9.17) is 14.6 Å². The highest BCUT2D eigenvalue weighted by atomic mass is 16.5. The molecule has 0 unspecified atom stereocenters. The number of rotatable bonds is 4. The van der Waals surface area contributed by atoms with Gasteiger partial charge in [-0.25, -0.2) is 0 Å². The molecule has 1 N–H and O–H groups in total. The minimum atomic E-state index is -0.0812. The van der Waals surface area contributed by atoms with Gasteiger partial charge in [-0.3, -0.25) is 0 Å². The van der Waals surface area contributed by atoms with E-state index in [0.29, 0.717) is 12.4 Å². The molecule has 19 heavy (non-hydrogen) atoms. The predicted octanol–water partition coefficient (Wildman–Crippen LogP) is 3.07. The van der Waals surface area contributed by atoms with Gasteiger partial charge in [0.05, 0.1) is 7.11 Å². The maximum absolute atomic E-state index is 9.14. The lowest BCUT2D eigenvalue weighted by Gasteiger charge is -2.20. The predicted molar refractivity (Wildman–Crippen MR) is 76.0 cm³/mol. The highest BCUT2D eigenvalue weighted by Gasteiger charge is 2.16. The van der Waals surface area contributed by atoms with E-state index in [9.17, 15) is 0 Å². The van der Waals surface area contributed by atoms with E-state index in [1.165, 1.54) is 11.1 Å². The number of hydrogen-bond acceptors (Lipinski definition) is 3. The van der Waals surface area contributed by atoms with Gasteiger partial charge in [0.15, 0.2) is 0 Å². The van der Waals surface area contributed by atoms with Crippen LogP contribution in [0, 0.1) is 0 Å². The number of hydrogen-bond donors (Lipinski definition) is 1. The van der Waals surface area contributed by atoms with Crippen molar-refractivity contribution in [3.63, 3.8) is 0 Å². The lowest BCUT2D eigenvalue weighted by atomic mass is 9.98. The number of aliphatic hydroxyl groups is 1. The lowest BCUT2D eigenvalue weighted by molar-refractivity contribution is 0.149. The lowest BCUT2D eigenvalue weighted by Crippen LogP contribution is -2.07. The summed E-state index contributed by atoms with van der Waals surface area (Å²) in [7, 11) is 1.67. The van der Waals surface area contributed by atoms with Crippen LogP contribution in [-0.4, -0.2) is 18.8 Å². The highest BCUT2D eigenvalue weighted by molar-refractivity contribution is 5.65. The Kier molecular flexibility index (Phi) is 4.27. The molecule has 0 spiro atoms. The molecule has 0 radical (unpaired) electrons. The van der Waals surface area contributed by atoms with Crippen molar-refractivity contribution in [3.05, 3.63) is 46.2 Å². The molecule has 1 aliphatic rings. The third kappa shape index (κ3) is 3.18. The van der Waals surface area contributed by atoms with Crippen molar-refractivity contribution in [2.24, 2.45) is 0 Å². The van der Waals surface area contributed by atoms with Crippen LogP contribution in [0.3, 0.4) is 0 Å². The van der Waals surface area contributed by atoms with Gasteiger partial charge in [-0.15, -0.1) is 0 Å². The molecular weight excluding hydrogens is 240 g/mol. The van der Waals surface area contributed by atoms with Crippen LogP contribution in [0.4, 0.5) is 0 Å². The number of ether oxygens (including phenoxy) is 2. The molecule has 2 rings (SSSR count). The topological polar surface area (TPSA) is 38.7 Å². The zero-order valence-electron chi connectivity index (χ0n) is 11.7. The molecule has 102 valence electrons. The summed E-state index contributed by atoms with van der Waals surface area (Å²) in [4.78, 5) is 0. The Morgan fingerprint density at radius 3 is 2.84 bits per heavy atom. The van der Waals surface area contributed by atoms with Crippen LogP contribution in [0.5, 0.6) is 5.75 Å². The summed E-state index contributed by atoms with van der Waals surface area (Å²) >= 11 is 0. The number of methoxy groups -OCH3 is 1. The fraction of sp³-hybridized carbons (Fsp3) is 0.375. The highest BCUT2D eigenvalue weighted by Crippen LogP contribution is 2.31. The smallest absolute Gasteiger partial charge is 0.126 e. The van der Waals surface area contributed by atoms with Crippen LogP contribution in [0.1, 0.15) is 30.5 Å². The van der Waals surface area contributed by atoms with E-state index in [0.717, 1.165) is 23.3 Å². The van der Waals surface area contributed by atoms with Crippen molar-refractivity contribution < 1.29 is 14.6 Å². The molecule has 0 amide bonds. The van der Waals surface area contributed by atoms with Gasteiger partial charge in [0.1, 0.15) is 24.7 Å². The van der Waals surface area contributed by atoms with Crippen LogP contribution in [0.2, 0.25) is 0 Å². The van der Waals surface area contributed by atoms with Gasteiger partial charge in [-0.05, 0) is 38.0 Å². The van der Waals surface area contributed by atoms with Crippen molar-refractivity contribution in [1.29, 1.82) is 0 Å². The number of fused-ring (bicyclic) bond motifs is 1. The zero-order valence-corrected chi connectivity index (χ0v) is 11.7. The largest absolute Gasteiger partial charge is 0.496 e. The SMILES string of the molecule is COc1cc(CC=C(C)C)cc2c1C=C(CO)OC2. The molecule has 1 aromatic carbocycles. The molecule has 1 aliphatic heterocycles. The quantitative estimate of drug-likeness (QED) is 0.846. The summed E-state index contributed by atoms with van der Waals surface area (Å²) in [5.41, 5.74) is 4.63. The van der Waals surface area contributed by atoms with Crippen LogP contribution in [0.15, 0.2) is 29.5 Å². The Hall–Kier alpha value is -1.74. The summed E-state index contributed by atoms with van der Waals surface area (Å²) < 4.78 is 10.9. The van der Waals surface area contributed by atoms with Gasteiger partial charge >= 0.3 is 0 Å². The number of aliphatic hydroxyl groups excluding tert-OH is 1. The van der Waals surface area contributed by atoms with Gasteiger partial charge in [0, 0.05) is 11.1 Å². The van der Waals surface area contributed by atoms with E-state index in [1.807, 2.05) is 6.08 Å². The summed E-state index contributed by atoms with van der Waals surface area (Å²) in [6, 6.07) is 4.19. The first-order chi connectivity index (χ1) is 9.13. The molecule has 0 saturated heterocycles. The second-order valence-corrected chi connectivity index (χ2v) is 4.91. The van der Waals surface area contributed by atoms with E-state index >= 15 is 0 Å². The maximum Gasteiger partial charge on any atom is 0.126 e. The first-order valence-electron chi connectivity index (χ1n) is 6.41. The first-order valence-corrected chi connectivity index (χ1v) is 6.41. The van der Waals surface area contributed by atoms with Gasteiger partial charge in [-0.1, -0.05) is 17.7 Å². The van der Waals surface area contributed by atoms with E-state index in [2.05, 4.69) is 32.1 Å². The molecule has 0 saturated carbocycles. The van der Waals surface area contributed by atoms with Crippen LogP contribution in [0.25, 0.3) is 6.08 Å². The first kappa shape index (κ1) is 13.7. The fourth-order valence-electron chi connectivity index (χ4n) is 2.10. The maximum atomic E-state index is 9.14. The van der Waals surface area contributed by atoms with Crippen molar-refractivity contribution in [3.8, 4) is 5.75 Å². The molecular formula is C16H20O3. The third-order valence-corrected chi connectivity index (χ3v) is 3.13. The molecule has 0 aliphatic carbocycles. The summed E-state index contributed by atoms with van der Waals surface area (Å²) in [5.74, 6) is 1.42. The molecule has 0 atom stereocenters. The molecule has 3 nitrogen and oxygen atoms in total. The Balaban J connectivity index is 2.39. The molecule has 0 bridgehead atoms. The minimum absolute atomic E-state index is 0.0812. The molecule has 3 heteroatoms. The average molecular weight is 260 g/mol. The average Bonchev–Trinajstić information content (AvgIpc) is 2.43. The van der Waals surface area contributed by atoms with Crippen molar-refractivity contribution in [1.82, 2.24) is 0 Å². The van der Waals surface area contributed by atoms with Gasteiger partial charge in [0.25, 0.3) is 0 Å². The van der Waals surface area contributed by atoms with Crippen molar-refractivity contribution in [2.45, 2.75) is 26.9 Å². The molecule has 0 fully saturated rings. The summed E-state index contributed by atoms with van der Waals surface area (Å²) in [6.45, 7) is 4.59. The van der Waals surface area contributed by atoms with Crippen LogP contribution in [-0.2, 0) is 17.8 Å². The van der Waals surface area contributed by atoms with Crippen molar-refractivity contribution in [2.75, 3.05) is 13.7 Å².